The predicted octanol–water partition coefficient (Wildman–Crippen LogP) is 1.01. The maximum Gasteiger partial charge on any atom is 0.319 e. The number of ether oxygens (including phenoxy) is 1. The molecule has 1 aromatic rings. The number of hydrogen-bond donors (Lipinski definition) is 3. The second kappa shape index (κ2) is 7.65. The Kier molecular flexibility index (Phi) is 5.60. The average molecular weight is 306 g/mol. The van der Waals surface area contributed by atoms with Crippen LogP contribution in [-0.2, 0) is 0 Å². The molecule has 1 saturated heterocycles. The van der Waals surface area contributed by atoms with Crippen molar-refractivity contribution in [2.75, 3.05) is 38.6 Å². The summed E-state index contributed by atoms with van der Waals surface area (Å²) < 4.78 is 5.05. The van der Waals surface area contributed by atoms with Crippen LogP contribution >= 0.6 is 0 Å². The first kappa shape index (κ1) is 16.1. The Balaban J connectivity index is 1.85. The van der Waals surface area contributed by atoms with Gasteiger partial charge in [-0.2, -0.15) is 0 Å². The lowest BCUT2D eigenvalue weighted by Crippen LogP contribution is -2.36. The molecule has 0 bridgehead atoms. The molecule has 0 unspecified atom stereocenters. The molecule has 0 saturated carbocycles. The molecule has 1 fully saturated rings. The van der Waals surface area contributed by atoms with Crippen LogP contribution in [0.1, 0.15) is 23.2 Å². The summed E-state index contributed by atoms with van der Waals surface area (Å²) in [5.74, 6) is -0.220. The van der Waals surface area contributed by atoms with Gasteiger partial charge in [0.2, 0.25) is 0 Å². The second-order valence-electron chi connectivity index (χ2n) is 5.21. The van der Waals surface area contributed by atoms with E-state index in [9.17, 15) is 9.59 Å². The summed E-state index contributed by atoms with van der Waals surface area (Å²) >= 11 is 0. The van der Waals surface area contributed by atoms with Gasteiger partial charge in [0.25, 0.3) is 5.91 Å². The van der Waals surface area contributed by atoms with E-state index in [1.165, 1.54) is 26.0 Å². The fraction of sp³-hybridized carbons (Fsp3) is 0.467. The number of likely N-dealkylation sites (tertiary alicyclic amines) is 1. The van der Waals surface area contributed by atoms with Gasteiger partial charge in [-0.05, 0) is 44.1 Å². The number of nitrogens with two attached hydrogens (primary N) is 1. The first-order valence-electron chi connectivity index (χ1n) is 7.35. The Bertz CT molecular complexity index is 542. The molecule has 2 rings (SSSR count). The highest BCUT2D eigenvalue weighted by molar-refractivity contribution is 5.98. The summed E-state index contributed by atoms with van der Waals surface area (Å²) in [5, 5.41) is 5.48. The number of amides is 3. The van der Waals surface area contributed by atoms with Crippen LogP contribution in [0.4, 0.5) is 10.5 Å². The maximum atomic E-state index is 11.8. The highest BCUT2D eigenvalue weighted by Crippen LogP contribution is 2.22. The van der Waals surface area contributed by atoms with E-state index in [2.05, 4.69) is 15.5 Å². The van der Waals surface area contributed by atoms with Gasteiger partial charge in [0.05, 0.1) is 12.7 Å². The number of rotatable bonds is 6. The molecular formula is C15H22N4O3. The number of primary amides is 1. The summed E-state index contributed by atoms with van der Waals surface area (Å²) in [4.78, 5) is 25.5. The molecule has 7 nitrogen and oxygen atoms in total. The number of methoxy groups -OCH3 is 1. The number of anilines is 1. The van der Waals surface area contributed by atoms with Crippen LogP contribution in [0.15, 0.2) is 18.2 Å². The lowest BCUT2D eigenvalue weighted by molar-refractivity contribution is 0.0997. The summed E-state index contributed by atoms with van der Waals surface area (Å²) in [6.07, 6.45) is 2.46. The topological polar surface area (TPSA) is 96.7 Å². The van der Waals surface area contributed by atoms with Crippen LogP contribution in [-0.4, -0.2) is 50.1 Å². The van der Waals surface area contributed by atoms with Gasteiger partial charge in [0.1, 0.15) is 5.75 Å². The normalized spacial score (nSPS) is 14.6. The SMILES string of the molecule is COc1ccc(NC(=O)NCCN2CCCC2)cc1C(N)=O. The Morgan fingerprint density at radius 3 is 2.68 bits per heavy atom. The van der Waals surface area contributed by atoms with Gasteiger partial charge in [0, 0.05) is 18.8 Å². The number of urea groups is 1. The van der Waals surface area contributed by atoms with E-state index in [0.717, 1.165) is 19.6 Å². The molecule has 120 valence electrons. The average Bonchev–Trinajstić information content (AvgIpc) is 3.00. The Morgan fingerprint density at radius 1 is 1.32 bits per heavy atom. The fourth-order valence-corrected chi connectivity index (χ4v) is 2.49. The van der Waals surface area contributed by atoms with E-state index >= 15 is 0 Å². The number of carbonyl (C=O) groups is 2. The molecule has 0 radical (unpaired) electrons. The van der Waals surface area contributed by atoms with Crippen LogP contribution in [0.5, 0.6) is 5.75 Å². The number of hydrogen-bond acceptors (Lipinski definition) is 4. The molecule has 0 aliphatic carbocycles. The quantitative estimate of drug-likeness (QED) is 0.731. The summed E-state index contributed by atoms with van der Waals surface area (Å²) in [7, 11) is 1.46. The third-order valence-corrected chi connectivity index (χ3v) is 3.64. The highest BCUT2D eigenvalue weighted by atomic mass is 16.5. The zero-order valence-electron chi connectivity index (χ0n) is 12.7. The first-order chi connectivity index (χ1) is 10.6. The van der Waals surface area contributed by atoms with Crippen molar-refractivity contribution in [3.05, 3.63) is 23.8 Å². The third kappa shape index (κ3) is 4.36. The molecule has 1 aliphatic heterocycles. The van der Waals surface area contributed by atoms with Gasteiger partial charge >= 0.3 is 6.03 Å². The van der Waals surface area contributed by atoms with Gasteiger partial charge in [-0.15, -0.1) is 0 Å². The molecule has 1 aliphatic rings. The van der Waals surface area contributed by atoms with Crippen molar-refractivity contribution >= 4 is 17.6 Å². The maximum absolute atomic E-state index is 11.8. The summed E-state index contributed by atoms with van der Waals surface area (Å²) in [5.41, 5.74) is 6.01. The van der Waals surface area contributed by atoms with Crippen molar-refractivity contribution in [1.82, 2.24) is 10.2 Å². The number of carbonyl (C=O) groups excluding carboxylic acids is 2. The zero-order valence-corrected chi connectivity index (χ0v) is 12.7. The van der Waals surface area contributed by atoms with E-state index in [1.807, 2.05) is 0 Å². The van der Waals surface area contributed by atoms with Crippen LogP contribution in [0.25, 0.3) is 0 Å². The largest absolute Gasteiger partial charge is 0.496 e. The Hall–Kier alpha value is -2.28. The molecule has 3 amide bonds. The molecule has 4 N–H and O–H groups in total. The molecule has 7 heteroatoms. The number of nitrogens with zero attached hydrogens (tertiary/aromatic N) is 1. The minimum atomic E-state index is -0.602. The van der Waals surface area contributed by atoms with E-state index in [1.54, 1.807) is 12.1 Å². The standard InChI is InChI=1S/C15H22N4O3/c1-22-13-5-4-11(10-12(13)14(16)20)18-15(21)17-6-9-19-7-2-3-8-19/h4-5,10H,2-3,6-9H2,1H3,(H2,16,20)(H2,17,18,21). The van der Waals surface area contributed by atoms with E-state index in [0.29, 0.717) is 18.0 Å². The summed E-state index contributed by atoms with van der Waals surface area (Å²) in [6.45, 7) is 3.64. The third-order valence-electron chi connectivity index (χ3n) is 3.64. The Morgan fingerprint density at radius 2 is 2.05 bits per heavy atom. The van der Waals surface area contributed by atoms with Crippen LogP contribution in [0, 0.1) is 0 Å². The van der Waals surface area contributed by atoms with E-state index in [-0.39, 0.29) is 11.6 Å². The van der Waals surface area contributed by atoms with Crippen molar-refractivity contribution in [3.63, 3.8) is 0 Å². The van der Waals surface area contributed by atoms with Crippen molar-refractivity contribution in [3.8, 4) is 5.75 Å². The van der Waals surface area contributed by atoms with Crippen LogP contribution in [0.3, 0.4) is 0 Å². The van der Waals surface area contributed by atoms with Gasteiger partial charge in [-0.1, -0.05) is 0 Å². The highest BCUT2D eigenvalue weighted by Gasteiger charge is 2.12. The van der Waals surface area contributed by atoms with Crippen molar-refractivity contribution < 1.29 is 14.3 Å². The summed E-state index contributed by atoms with van der Waals surface area (Å²) in [6, 6.07) is 4.45. The van der Waals surface area contributed by atoms with Gasteiger partial charge in [0.15, 0.2) is 0 Å². The Labute approximate surface area is 129 Å². The minimum Gasteiger partial charge on any atom is -0.496 e. The predicted molar refractivity (Wildman–Crippen MR) is 84.2 cm³/mol. The van der Waals surface area contributed by atoms with Gasteiger partial charge < -0.3 is 26.0 Å². The molecule has 1 heterocycles. The van der Waals surface area contributed by atoms with Crippen LogP contribution in [0.2, 0.25) is 0 Å². The first-order valence-corrected chi connectivity index (χ1v) is 7.35. The fourth-order valence-electron chi connectivity index (χ4n) is 2.49. The van der Waals surface area contributed by atoms with Gasteiger partial charge in [-0.25, -0.2) is 4.79 Å². The second-order valence-corrected chi connectivity index (χ2v) is 5.21. The lowest BCUT2D eigenvalue weighted by Gasteiger charge is -2.15. The zero-order chi connectivity index (χ0) is 15.9. The van der Waals surface area contributed by atoms with Gasteiger partial charge in [-0.3, -0.25) is 4.79 Å². The van der Waals surface area contributed by atoms with E-state index < -0.39 is 5.91 Å². The van der Waals surface area contributed by atoms with Crippen molar-refractivity contribution in [2.24, 2.45) is 5.73 Å². The van der Waals surface area contributed by atoms with E-state index in [4.69, 9.17) is 10.5 Å². The number of nitrogens with one attached hydrogen (secondary N) is 2. The van der Waals surface area contributed by atoms with Crippen molar-refractivity contribution in [1.29, 1.82) is 0 Å². The van der Waals surface area contributed by atoms with Crippen LogP contribution < -0.4 is 21.1 Å². The molecule has 0 aromatic heterocycles. The molecule has 1 aromatic carbocycles. The molecule has 22 heavy (non-hydrogen) atoms. The molecular weight excluding hydrogens is 284 g/mol. The lowest BCUT2D eigenvalue weighted by atomic mass is 10.1. The minimum absolute atomic E-state index is 0.234. The monoisotopic (exact) mass is 306 g/mol. The number of benzene rings is 1. The molecule has 0 atom stereocenters. The molecule has 0 spiro atoms. The smallest absolute Gasteiger partial charge is 0.319 e. The van der Waals surface area contributed by atoms with Crippen molar-refractivity contribution in [2.45, 2.75) is 12.8 Å².